The Labute approximate surface area is 104 Å². The zero-order valence-corrected chi connectivity index (χ0v) is 11.0. The monoisotopic (exact) mass is 239 g/mol. The van der Waals surface area contributed by atoms with E-state index in [1.807, 2.05) is 0 Å². The van der Waals surface area contributed by atoms with Gasteiger partial charge in [0.1, 0.15) is 6.04 Å². The first-order chi connectivity index (χ1) is 8.22. The summed E-state index contributed by atoms with van der Waals surface area (Å²) in [5, 5.41) is 6.09. The Morgan fingerprint density at radius 1 is 1.53 bits per heavy atom. The van der Waals surface area contributed by atoms with E-state index in [4.69, 9.17) is 0 Å². The average Bonchev–Trinajstić information content (AvgIpc) is 2.32. The number of hydrogen-bond acceptors (Lipinski definition) is 3. The smallest absolute Gasteiger partial charge is 0.238 e. The Balaban J connectivity index is 1.91. The second-order valence-electron chi connectivity index (χ2n) is 5.45. The lowest BCUT2D eigenvalue weighted by atomic mass is 9.80. The molecule has 0 radical (unpaired) electrons. The highest BCUT2D eigenvalue weighted by atomic mass is 16.2. The van der Waals surface area contributed by atoms with Gasteiger partial charge in [-0.3, -0.25) is 9.69 Å². The van der Waals surface area contributed by atoms with E-state index in [0.717, 1.165) is 25.6 Å². The van der Waals surface area contributed by atoms with Crippen LogP contribution in [0.1, 0.15) is 32.6 Å². The van der Waals surface area contributed by atoms with Crippen molar-refractivity contribution in [2.24, 2.45) is 5.92 Å². The number of carbonyl (C=O) groups excluding carboxylic acids is 1. The zero-order chi connectivity index (χ0) is 12.3. The summed E-state index contributed by atoms with van der Waals surface area (Å²) >= 11 is 0. The van der Waals surface area contributed by atoms with Crippen molar-refractivity contribution in [1.82, 2.24) is 15.5 Å². The van der Waals surface area contributed by atoms with Crippen LogP contribution in [0.5, 0.6) is 0 Å². The van der Waals surface area contributed by atoms with E-state index >= 15 is 0 Å². The Morgan fingerprint density at radius 3 is 2.88 bits per heavy atom. The maximum atomic E-state index is 11.9. The molecular weight excluding hydrogens is 214 g/mol. The van der Waals surface area contributed by atoms with Gasteiger partial charge in [-0.25, -0.2) is 0 Å². The van der Waals surface area contributed by atoms with Crippen molar-refractivity contribution in [2.45, 2.75) is 44.7 Å². The van der Waals surface area contributed by atoms with Crippen LogP contribution in [0.2, 0.25) is 0 Å². The number of amides is 1. The van der Waals surface area contributed by atoms with Gasteiger partial charge in [0.2, 0.25) is 5.91 Å². The molecule has 17 heavy (non-hydrogen) atoms. The predicted octanol–water partition coefficient (Wildman–Crippen LogP) is 0.585. The van der Waals surface area contributed by atoms with Gasteiger partial charge < -0.3 is 10.6 Å². The summed E-state index contributed by atoms with van der Waals surface area (Å²) in [7, 11) is 1.73. The van der Waals surface area contributed by atoms with Crippen LogP contribution in [-0.2, 0) is 4.79 Å². The third-order valence-corrected chi connectivity index (χ3v) is 4.30. The van der Waals surface area contributed by atoms with Crippen LogP contribution in [0.25, 0.3) is 0 Å². The molecule has 98 valence electrons. The van der Waals surface area contributed by atoms with Gasteiger partial charge in [0, 0.05) is 32.7 Å². The van der Waals surface area contributed by atoms with E-state index in [-0.39, 0.29) is 11.9 Å². The Morgan fingerprint density at radius 2 is 2.29 bits per heavy atom. The lowest BCUT2D eigenvalue weighted by Gasteiger charge is -2.41. The standard InChI is InChI=1S/C13H25N3O/c1-10(8-11-4-3-5-11)16-7-6-15-9-12(16)13(17)14-2/h10-12,15H,3-9H2,1-2H3,(H,14,17). The van der Waals surface area contributed by atoms with Gasteiger partial charge in [0.15, 0.2) is 0 Å². The van der Waals surface area contributed by atoms with Crippen LogP contribution >= 0.6 is 0 Å². The quantitative estimate of drug-likeness (QED) is 0.754. The van der Waals surface area contributed by atoms with Crippen LogP contribution < -0.4 is 10.6 Å². The number of carbonyl (C=O) groups is 1. The summed E-state index contributed by atoms with van der Waals surface area (Å²) in [5.41, 5.74) is 0. The molecule has 2 rings (SSSR count). The van der Waals surface area contributed by atoms with Crippen molar-refractivity contribution >= 4 is 5.91 Å². The van der Waals surface area contributed by atoms with E-state index in [1.54, 1.807) is 7.05 Å². The molecule has 2 fully saturated rings. The first-order valence-electron chi connectivity index (χ1n) is 6.90. The Kier molecular flexibility index (Phi) is 4.40. The summed E-state index contributed by atoms with van der Waals surface area (Å²) in [5.74, 6) is 1.06. The van der Waals surface area contributed by atoms with Gasteiger partial charge >= 0.3 is 0 Å². The molecule has 0 aromatic rings. The molecule has 1 aliphatic carbocycles. The SMILES string of the molecule is CNC(=O)C1CNCCN1C(C)CC1CCC1. The minimum absolute atomic E-state index is 0.0174. The average molecular weight is 239 g/mol. The van der Waals surface area contributed by atoms with Crippen LogP contribution in [-0.4, -0.2) is 49.6 Å². The highest BCUT2D eigenvalue weighted by Gasteiger charge is 2.32. The van der Waals surface area contributed by atoms with Gasteiger partial charge in [0.25, 0.3) is 0 Å². The molecule has 1 aliphatic heterocycles. The molecule has 4 heteroatoms. The molecule has 2 atom stereocenters. The highest BCUT2D eigenvalue weighted by molar-refractivity contribution is 5.81. The molecule has 0 bridgehead atoms. The first-order valence-corrected chi connectivity index (χ1v) is 6.90. The molecule has 0 aromatic heterocycles. The fourth-order valence-electron chi connectivity index (χ4n) is 3.00. The number of likely N-dealkylation sites (N-methyl/N-ethyl adjacent to an activating group) is 1. The molecule has 2 unspecified atom stereocenters. The summed E-state index contributed by atoms with van der Waals surface area (Å²) in [6.45, 7) is 5.06. The minimum Gasteiger partial charge on any atom is -0.358 e. The lowest BCUT2D eigenvalue weighted by Crippen LogP contribution is -2.60. The highest BCUT2D eigenvalue weighted by Crippen LogP contribution is 2.32. The minimum atomic E-state index is 0.0174. The molecular formula is C13H25N3O. The molecule has 2 N–H and O–H groups in total. The van der Waals surface area contributed by atoms with Crippen molar-refractivity contribution in [1.29, 1.82) is 0 Å². The molecule has 0 spiro atoms. The Bertz CT molecular complexity index is 265. The maximum Gasteiger partial charge on any atom is 0.238 e. The van der Waals surface area contributed by atoms with Crippen molar-refractivity contribution in [2.75, 3.05) is 26.7 Å². The van der Waals surface area contributed by atoms with E-state index in [1.165, 1.54) is 25.7 Å². The summed E-state index contributed by atoms with van der Waals surface area (Å²) in [4.78, 5) is 14.2. The fraction of sp³-hybridized carbons (Fsp3) is 0.923. The van der Waals surface area contributed by atoms with Gasteiger partial charge in [-0.1, -0.05) is 19.3 Å². The molecule has 1 heterocycles. The predicted molar refractivity (Wildman–Crippen MR) is 68.9 cm³/mol. The first kappa shape index (κ1) is 12.8. The summed E-state index contributed by atoms with van der Waals surface area (Å²) in [6, 6.07) is 0.550. The molecule has 2 aliphatic rings. The maximum absolute atomic E-state index is 11.9. The van der Waals surface area contributed by atoms with Gasteiger partial charge in [0.05, 0.1) is 0 Å². The van der Waals surface area contributed by atoms with Crippen LogP contribution in [0.4, 0.5) is 0 Å². The second-order valence-corrected chi connectivity index (χ2v) is 5.45. The number of nitrogens with one attached hydrogen (secondary N) is 2. The largest absolute Gasteiger partial charge is 0.358 e. The van der Waals surface area contributed by atoms with Crippen molar-refractivity contribution in [3.8, 4) is 0 Å². The lowest BCUT2D eigenvalue weighted by molar-refractivity contribution is -0.127. The molecule has 1 saturated heterocycles. The number of nitrogens with zero attached hydrogens (tertiary/aromatic N) is 1. The van der Waals surface area contributed by atoms with E-state index in [0.29, 0.717) is 6.04 Å². The third kappa shape index (κ3) is 2.99. The van der Waals surface area contributed by atoms with Crippen molar-refractivity contribution in [3.05, 3.63) is 0 Å². The van der Waals surface area contributed by atoms with Crippen LogP contribution in [0, 0.1) is 5.92 Å². The summed E-state index contributed by atoms with van der Waals surface area (Å²) < 4.78 is 0. The number of rotatable bonds is 4. The van der Waals surface area contributed by atoms with Gasteiger partial charge in [-0.15, -0.1) is 0 Å². The second kappa shape index (κ2) is 5.83. The number of hydrogen-bond donors (Lipinski definition) is 2. The van der Waals surface area contributed by atoms with Crippen molar-refractivity contribution in [3.63, 3.8) is 0 Å². The zero-order valence-electron chi connectivity index (χ0n) is 11.0. The van der Waals surface area contributed by atoms with Crippen LogP contribution in [0.15, 0.2) is 0 Å². The van der Waals surface area contributed by atoms with E-state index in [9.17, 15) is 4.79 Å². The molecule has 4 nitrogen and oxygen atoms in total. The Hall–Kier alpha value is -0.610. The van der Waals surface area contributed by atoms with E-state index < -0.39 is 0 Å². The van der Waals surface area contributed by atoms with E-state index in [2.05, 4.69) is 22.5 Å². The third-order valence-electron chi connectivity index (χ3n) is 4.30. The van der Waals surface area contributed by atoms with Crippen molar-refractivity contribution < 1.29 is 4.79 Å². The fourth-order valence-corrected chi connectivity index (χ4v) is 3.00. The van der Waals surface area contributed by atoms with Gasteiger partial charge in [-0.05, 0) is 19.3 Å². The normalized spacial score (nSPS) is 28.5. The molecule has 1 amide bonds. The number of piperazine rings is 1. The van der Waals surface area contributed by atoms with Gasteiger partial charge in [-0.2, -0.15) is 0 Å². The molecule has 1 saturated carbocycles. The van der Waals surface area contributed by atoms with Crippen LogP contribution in [0.3, 0.4) is 0 Å². The molecule has 0 aromatic carbocycles. The topological polar surface area (TPSA) is 44.4 Å². The summed E-state index contributed by atoms with van der Waals surface area (Å²) in [6.07, 6.45) is 5.44.